The molecule has 0 aromatic heterocycles. The highest BCUT2D eigenvalue weighted by Crippen LogP contribution is 2.23. The third-order valence-electron chi connectivity index (χ3n) is 17.2. The molecule has 494 valence electrons. The summed E-state index contributed by atoms with van der Waals surface area (Å²) in [5.74, 6) is -0.175. The van der Waals surface area contributed by atoms with Gasteiger partial charge in [0.25, 0.3) is 0 Å². The highest BCUT2D eigenvalue weighted by Gasteiger charge is 2.44. The Balaban J connectivity index is 1.88. The first-order valence-electron chi connectivity index (χ1n) is 36.3. The molecule has 1 heterocycles. The minimum Gasteiger partial charge on any atom is -0.466 e. The van der Waals surface area contributed by atoms with Gasteiger partial charge in [0.05, 0.1) is 32.0 Å². The van der Waals surface area contributed by atoms with Crippen LogP contribution in [0.4, 0.5) is 0 Å². The molecule has 1 saturated heterocycles. The number of hydrogen-bond donors (Lipinski definition) is 6. The van der Waals surface area contributed by atoms with Crippen molar-refractivity contribution < 1.29 is 49.3 Å². The van der Waals surface area contributed by atoms with Crippen LogP contribution in [0.3, 0.4) is 0 Å². The van der Waals surface area contributed by atoms with Gasteiger partial charge in [0.1, 0.15) is 24.4 Å². The summed E-state index contributed by atoms with van der Waals surface area (Å²) >= 11 is 0. The van der Waals surface area contributed by atoms with E-state index in [1.54, 1.807) is 6.08 Å². The smallest absolute Gasteiger partial charge is 0.305 e. The van der Waals surface area contributed by atoms with Crippen LogP contribution in [0.2, 0.25) is 0 Å². The summed E-state index contributed by atoms with van der Waals surface area (Å²) in [7, 11) is 0. The van der Waals surface area contributed by atoms with Crippen molar-refractivity contribution in [2.75, 3.05) is 19.8 Å². The maximum atomic E-state index is 13.0. The summed E-state index contributed by atoms with van der Waals surface area (Å²) in [6, 6.07) is -0.806. The second-order valence-electron chi connectivity index (χ2n) is 25.3. The van der Waals surface area contributed by atoms with Crippen molar-refractivity contribution in [3.05, 3.63) is 36.5 Å². The fraction of sp³-hybridized carbons (Fsp3) is 0.890. The predicted octanol–water partition coefficient (Wildman–Crippen LogP) is 18.6. The number of carbonyl (C=O) groups is 2. The molecule has 11 nitrogen and oxygen atoms in total. The molecule has 0 radical (unpaired) electrons. The first-order chi connectivity index (χ1) is 41.2. The van der Waals surface area contributed by atoms with Crippen molar-refractivity contribution in [3.63, 3.8) is 0 Å². The number of unbranched alkanes of at least 4 members (excludes halogenated alkanes) is 46. The van der Waals surface area contributed by atoms with E-state index in [0.717, 1.165) is 64.2 Å². The average molecular weight is 1190 g/mol. The van der Waals surface area contributed by atoms with Crippen LogP contribution in [0.25, 0.3) is 0 Å². The predicted molar refractivity (Wildman–Crippen MR) is 352 cm³/mol. The summed E-state index contributed by atoms with van der Waals surface area (Å²) in [5, 5.41) is 54.3. The van der Waals surface area contributed by atoms with Crippen LogP contribution in [0.1, 0.15) is 354 Å². The van der Waals surface area contributed by atoms with E-state index in [9.17, 15) is 35.1 Å². The van der Waals surface area contributed by atoms with E-state index in [4.69, 9.17) is 14.2 Å². The molecule has 0 aromatic carbocycles. The molecule has 0 aromatic rings. The van der Waals surface area contributed by atoms with Crippen molar-refractivity contribution in [1.82, 2.24) is 5.32 Å². The third kappa shape index (κ3) is 50.8. The second kappa shape index (κ2) is 62.5. The molecule has 7 unspecified atom stereocenters. The van der Waals surface area contributed by atoms with E-state index < -0.39 is 49.5 Å². The number of aliphatic hydroxyl groups excluding tert-OH is 5. The lowest BCUT2D eigenvalue weighted by Crippen LogP contribution is -2.60. The quantitative estimate of drug-likeness (QED) is 0.0195. The molecule has 0 aliphatic carbocycles. The van der Waals surface area contributed by atoms with Gasteiger partial charge in [0.15, 0.2) is 6.29 Å². The van der Waals surface area contributed by atoms with Gasteiger partial charge in [-0.05, 0) is 64.2 Å². The highest BCUT2D eigenvalue weighted by atomic mass is 16.7. The van der Waals surface area contributed by atoms with Gasteiger partial charge in [-0.3, -0.25) is 9.59 Å². The van der Waals surface area contributed by atoms with E-state index in [0.29, 0.717) is 19.4 Å². The van der Waals surface area contributed by atoms with Gasteiger partial charge in [-0.2, -0.15) is 0 Å². The van der Waals surface area contributed by atoms with Gasteiger partial charge in [0, 0.05) is 12.8 Å². The normalized spacial score (nSPS) is 18.2. The molecule has 1 aliphatic rings. The van der Waals surface area contributed by atoms with E-state index in [1.807, 2.05) is 6.08 Å². The van der Waals surface area contributed by atoms with E-state index >= 15 is 0 Å². The van der Waals surface area contributed by atoms with Crippen LogP contribution in [0.15, 0.2) is 36.5 Å². The fourth-order valence-corrected chi connectivity index (χ4v) is 11.5. The Labute approximate surface area is 517 Å². The van der Waals surface area contributed by atoms with E-state index in [2.05, 4.69) is 43.5 Å². The number of carbonyl (C=O) groups excluding carboxylic acids is 2. The van der Waals surface area contributed by atoms with Crippen LogP contribution in [-0.4, -0.2) is 100 Å². The van der Waals surface area contributed by atoms with E-state index in [-0.39, 0.29) is 18.5 Å². The van der Waals surface area contributed by atoms with Crippen LogP contribution in [-0.2, 0) is 23.8 Å². The third-order valence-corrected chi connectivity index (χ3v) is 17.2. The number of hydrogen-bond acceptors (Lipinski definition) is 10. The summed E-state index contributed by atoms with van der Waals surface area (Å²) in [5.41, 5.74) is 0. The number of rotatable bonds is 64. The Morgan fingerprint density at radius 2 is 0.798 bits per heavy atom. The number of ether oxygens (including phenoxy) is 3. The number of amides is 1. The van der Waals surface area contributed by atoms with Crippen molar-refractivity contribution in [2.45, 2.75) is 397 Å². The summed E-state index contributed by atoms with van der Waals surface area (Å²) in [4.78, 5) is 25.1. The Bertz CT molecular complexity index is 1490. The molecular weight excluding hydrogens is 1050 g/mol. The van der Waals surface area contributed by atoms with Gasteiger partial charge in [-0.15, -0.1) is 0 Å². The number of aliphatic hydroxyl groups is 5. The lowest BCUT2D eigenvalue weighted by atomic mass is 9.99. The van der Waals surface area contributed by atoms with Crippen molar-refractivity contribution in [2.24, 2.45) is 0 Å². The maximum absolute atomic E-state index is 13.0. The maximum Gasteiger partial charge on any atom is 0.305 e. The first kappa shape index (κ1) is 79.9. The lowest BCUT2D eigenvalue weighted by Gasteiger charge is -2.40. The van der Waals surface area contributed by atoms with Crippen LogP contribution in [0.5, 0.6) is 0 Å². The zero-order valence-electron chi connectivity index (χ0n) is 54.9. The molecule has 1 rings (SSSR count). The molecule has 11 heteroatoms. The van der Waals surface area contributed by atoms with Crippen LogP contribution >= 0.6 is 0 Å². The molecule has 84 heavy (non-hydrogen) atoms. The fourth-order valence-electron chi connectivity index (χ4n) is 11.5. The molecular formula is C73H137NO10. The molecule has 6 N–H and O–H groups in total. The summed E-state index contributed by atoms with van der Waals surface area (Å²) in [6.45, 7) is 4.33. The minimum atomic E-state index is -1.57. The van der Waals surface area contributed by atoms with Gasteiger partial charge >= 0.3 is 5.97 Å². The molecule has 0 spiro atoms. The van der Waals surface area contributed by atoms with Crippen molar-refractivity contribution in [3.8, 4) is 0 Å². The molecule has 1 fully saturated rings. The minimum absolute atomic E-state index is 0.00375. The molecule has 0 bridgehead atoms. The van der Waals surface area contributed by atoms with Crippen molar-refractivity contribution in [1.29, 1.82) is 0 Å². The topological polar surface area (TPSA) is 175 Å². The molecule has 1 amide bonds. The number of allylic oxidation sites excluding steroid dienone is 5. The highest BCUT2D eigenvalue weighted by molar-refractivity contribution is 5.76. The van der Waals surface area contributed by atoms with Crippen LogP contribution < -0.4 is 5.32 Å². The Hall–Kier alpha value is -2.12. The monoisotopic (exact) mass is 1190 g/mol. The molecule has 1 aliphatic heterocycles. The largest absolute Gasteiger partial charge is 0.466 e. The zero-order valence-corrected chi connectivity index (χ0v) is 54.9. The second-order valence-corrected chi connectivity index (χ2v) is 25.3. The molecule has 0 saturated carbocycles. The standard InChI is InChI=1S/C73H137NO10/c1-3-5-7-9-11-13-14-15-16-17-32-35-38-41-45-49-53-57-61-69(78)82-62-58-54-50-46-42-39-36-33-30-28-26-24-22-20-18-19-21-23-25-27-29-31-34-37-40-44-48-52-56-60-68(77)74-65(66(76)59-55-51-47-43-12-10-8-6-4-2)64-83-73-72(81)71(80)70(79)67(63-75)84-73/h13-14,16-17,55,59,65-67,70-73,75-76,79-81H,3-12,15,18-54,56-58,60-64H2,1-2H3,(H,74,77)/b14-13-,17-16-,59-55+. The number of nitrogens with one attached hydrogen (secondary N) is 1. The summed E-state index contributed by atoms with van der Waals surface area (Å²) < 4.78 is 16.7. The number of esters is 1. The van der Waals surface area contributed by atoms with Crippen LogP contribution in [0, 0.1) is 0 Å². The van der Waals surface area contributed by atoms with Gasteiger partial charge < -0.3 is 45.1 Å². The Morgan fingerprint density at radius 1 is 0.440 bits per heavy atom. The van der Waals surface area contributed by atoms with Gasteiger partial charge in [0.2, 0.25) is 5.91 Å². The Kier molecular flexibility index (Phi) is 59.4. The van der Waals surface area contributed by atoms with Gasteiger partial charge in [-0.1, -0.05) is 314 Å². The summed E-state index contributed by atoms with van der Waals surface area (Å²) in [6.07, 6.45) is 70.1. The average Bonchev–Trinajstić information content (AvgIpc) is 3.69. The lowest BCUT2D eigenvalue weighted by molar-refractivity contribution is -0.302. The molecule has 7 atom stereocenters. The van der Waals surface area contributed by atoms with Crippen molar-refractivity contribution >= 4 is 11.9 Å². The first-order valence-corrected chi connectivity index (χ1v) is 36.3. The zero-order chi connectivity index (χ0) is 60.9. The van der Waals surface area contributed by atoms with Gasteiger partial charge in [-0.25, -0.2) is 0 Å². The Morgan fingerprint density at radius 3 is 1.21 bits per heavy atom. The SMILES string of the molecule is CCCCCC/C=C\C/C=C\CCCCCCCCCC(=O)OCCCCCCCCCCCCCCCCCCCCCCCCCCCCCCCC(=O)NC(COC1OC(CO)C(O)C(O)C1O)C(O)/C=C/CCCCCCCCC. The van der Waals surface area contributed by atoms with E-state index in [1.165, 1.54) is 263 Å².